The molecule has 7 heteroatoms. The third-order valence-electron chi connectivity index (χ3n) is 2.72. The number of nitroso groups, excluding NO2 is 1. The molecule has 2 aromatic rings. The topological polar surface area (TPSA) is 115 Å². The quantitative estimate of drug-likeness (QED) is 0.814. The third kappa shape index (κ3) is 2.76. The lowest BCUT2D eigenvalue weighted by molar-refractivity contribution is -0.120. The number of nitrogens with two attached hydrogens (primary N) is 1. The van der Waals surface area contributed by atoms with Crippen LogP contribution in [0.2, 0.25) is 0 Å². The van der Waals surface area contributed by atoms with Gasteiger partial charge in [0.15, 0.2) is 0 Å². The number of nitrogens with one attached hydrogen (secondary N) is 1. The number of ether oxygens (including phenoxy) is 1. The number of para-hydroxylation sites is 1. The van der Waals surface area contributed by atoms with Crippen molar-refractivity contribution in [2.75, 3.05) is 6.61 Å². The molecule has 98 valence electrons. The summed E-state index contributed by atoms with van der Waals surface area (Å²) >= 11 is 0. The van der Waals surface area contributed by atoms with Gasteiger partial charge in [-0.15, -0.1) is 4.91 Å². The largest absolute Gasteiger partial charge is 0.470 e. The van der Waals surface area contributed by atoms with E-state index >= 15 is 0 Å². The summed E-state index contributed by atoms with van der Waals surface area (Å²) < 4.78 is 4.53. The number of hydrogen-bond acceptors (Lipinski definition) is 4. The fourth-order valence-electron chi connectivity index (χ4n) is 1.79. The molecule has 1 atom stereocenters. The van der Waals surface area contributed by atoms with Crippen LogP contribution in [0.25, 0.3) is 10.9 Å². The van der Waals surface area contributed by atoms with Gasteiger partial charge in [-0.1, -0.05) is 18.2 Å². The Morgan fingerprint density at radius 3 is 2.74 bits per heavy atom. The number of fused-ring (bicyclic) bond motifs is 1. The molecule has 1 aromatic heterocycles. The normalized spacial score (nSPS) is 12.0. The predicted octanol–water partition coefficient (Wildman–Crippen LogP) is 1.64. The minimum Gasteiger partial charge on any atom is -0.445 e. The van der Waals surface area contributed by atoms with Crippen LogP contribution in [-0.2, 0) is 9.53 Å². The molecular formula is C12H11N3O4. The Labute approximate surface area is 107 Å². The first kappa shape index (κ1) is 12.7. The molecule has 0 saturated heterocycles. The average Bonchev–Trinajstić information content (AvgIpc) is 2.81. The Bertz CT molecular complexity index is 602. The number of carbonyl (C=O) groups is 2. The summed E-state index contributed by atoms with van der Waals surface area (Å²) in [6, 6.07) is 9.16. The number of hydrogen-bond donors (Lipinski definition) is 2. The second-order valence-corrected chi connectivity index (χ2v) is 3.94. The van der Waals surface area contributed by atoms with Crippen LogP contribution in [0.3, 0.4) is 0 Å². The number of primary amides is 1. The van der Waals surface area contributed by atoms with Crippen LogP contribution in [0.15, 0.2) is 35.5 Å². The molecule has 19 heavy (non-hydrogen) atoms. The van der Waals surface area contributed by atoms with E-state index in [-0.39, 0.29) is 6.61 Å². The van der Waals surface area contributed by atoms with Crippen molar-refractivity contribution in [2.24, 2.45) is 10.9 Å². The number of amides is 2. The minimum absolute atomic E-state index is 0.327. The summed E-state index contributed by atoms with van der Waals surface area (Å²) in [5.41, 5.74) is 6.62. The van der Waals surface area contributed by atoms with Crippen LogP contribution in [0, 0.1) is 4.91 Å². The van der Waals surface area contributed by atoms with E-state index < -0.39 is 17.9 Å². The molecule has 0 aliphatic heterocycles. The van der Waals surface area contributed by atoms with Gasteiger partial charge in [-0.25, -0.2) is 4.79 Å². The van der Waals surface area contributed by atoms with E-state index in [2.05, 4.69) is 14.9 Å². The van der Waals surface area contributed by atoms with E-state index in [9.17, 15) is 14.5 Å². The number of rotatable bonds is 4. The summed E-state index contributed by atoms with van der Waals surface area (Å²) in [5.74, 6) is -1.51. The number of carbonyl (C=O) groups excluding carboxylic acids is 2. The summed E-state index contributed by atoms with van der Waals surface area (Å²) in [4.78, 5) is 35.0. The van der Waals surface area contributed by atoms with Crippen LogP contribution in [0.4, 0.5) is 4.79 Å². The van der Waals surface area contributed by atoms with Crippen LogP contribution in [0.5, 0.6) is 0 Å². The Kier molecular flexibility index (Phi) is 3.56. The molecule has 1 heterocycles. The summed E-state index contributed by atoms with van der Waals surface area (Å²) in [6.45, 7) is -0.327. The standard InChI is InChI=1S/C12H11N3O4/c13-11(16)8(6-19-12(17)15-18)10-5-7-3-1-2-4-9(7)14-10/h1-5,8,14H,6H2,(H2,13,16). The van der Waals surface area contributed by atoms with E-state index in [0.717, 1.165) is 10.9 Å². The SMILES string of the molecule is NC(=O)C(COC(=O)N=O)c1cc2ccccc2[nH]1. The van der Waals surface area contributed by atoms with E-state index in [4.69, 9.17) is 5.73 Å². The zero-order valence-corrected chi connectivity index (χ0v) is 9.83. The molecule has 0 aliphatic rings. The molecule has 7 nitrogen and oxygen atoms in total. The first-order chi connectivity index (χ1) is 9.11. The number of aromatic nitrogens is 1. The van der Waals surface area contributed by atoms with Gasteiger partial charge in [-0.2, -0.15) is 0 Å². The van der Waals surface area contributed by atoms with E-state index in [1.165, 1.54) is 0 Å². The van der Waals surface area contributed by atoms with Crippen LogP contribution in [0.1, 0.15) is 11.6 Å². The molecule has 0 saturated carbocycles. The third-order valence-corrected chi connectivity index (χ3v) is 2.72. The molecule has 3 N–H and O–H groups in total. The lowest BCUT2D eigenvalue weighted by atomic mass is 10.1. The van der Waals surface area contributed by atoms with Crippen LogP contribution >= 0.6 is 0 Å². The monoisotopic (exact) mass is 261 g/mol. The van der Waals surface area contributed by atoms with Crippen LogP contribution < -0.4 is 5.73 Å². The summed E-state index contributed by atoms with van der Waals surface area (Å²) in [5, 5.41) is 2.99. The molecule has 0 spiro atoms. The van der Waals surface area contributed by atoms with Gasteiger partial charge in [-0.05, 0) is 17.5 Å². The van der Waals surface area contributed by atoms with E-state index in [1.54, 1.807) is 6.07 Å². The molecule has 2 amide bonds. The van der Waals surface area contributed by atoms with Gasteiger partial charge in [0.1, 0.15) is 12.5 Å². The molecular weight excluding hydrogens is 250 g/mol. The Morgan fingerprint density at radius 2 is 2.11 bits per heavy atom. The lowest BCUT2D eigenvalue weighted by Crippen LogP contribution is -2.26. The van der Waals surface area contributed by atoms with Gasteiger partial charge in [0.2, 0.25) is 5.91 Å². The van der Waals surface area contributed by atoms with E-state index in [1.807, 2.05) is 24.3 Å². The van der Waals surface area contributed by atoms with Gasteiger partial charge in [0, 0.05) is 11.2 Å². The zero-order chi connectivity index (χ0) is 13.8. The lowest BCUT2D eigenvalue weighted by Gasteiger charge is -2.10. The van der Waals surface area contributed by atoms with Crippen molar-refractivity contribution in [3.8, 4) is 0 Å². The highest BCUT2D eigenvalue weighted by molar-refractivity contribution is 5.86. The van der Waals surface area contributed by atoms with Crippen molar-refractivity contribution in [1.82, 2.24) is 4.98 Å². The van der Waals surface area contributed by atoms with Gasteiger partial charge < -0.3 is 15.5 Å². The molecule has 0 aliphatic carbocycles. The van der Waals surface area contributed by atoms with Gasteiger partial charge in [0.05, 0.1) is 5.18 Å². The van der Waals surface area contributed by atoms with E-state index in [0.29, 0.717) is 5.69 Å². The van der Waals surface area contributed by atoms with Crippen molar-refractivity contribution in [2.45, 2.75) is 5.92 Å². The maximum atomic E-state index is 11.4. The number of nitrogens with zero attached hydrogens (tertiary/aromatic N) is 1. The zero-order valence-electron chi connectivity index (χ0n) is 9.83. The molecule has 0 radical (unpaired) electrons. The van der Waals surface area contributed by atoms with Crippen molar-refractivity contribution in [1.29, 1.82) is 0 Å². The van der Waals surface area contributed by atoms with Crippen molar-refractivity contribution < 1.29 is 14.3 Å². The fourth-order valence-corrected chi connectivity index (χ4v) is 1.79. The second-order valence-electron chi connectivity index (χ2n) is 3.94. The highest BCUT2D eigenvalue weighted by atomic mass is 16.6. The minimum atomic E-state index is -1.28. The van der Waals surface area contributed by atoms with Crippen molar-refractivity contribution >= 4 is 22.9 Å². The van der Waals surface area contributed by atoms with Gasteiger partial charge >= 0.3 is 6.09 Å². The average molecular weight is 261 g/mol. The summed E-state index contributed by atoms with van der Waals surface area (Å²) in [7, 11) is 0. The number of H-pyrrole nitrogens is 1. The first-order valence-electron chi connectivity index (χ1n) is 5.49. The first-order valence-corrected chi connectivity index (χ1v) is 5.49. The Hall–Kier alpha value is -2.70. The highest BCUT2D eigenvalue weighted by Crippen LogP contribution is 2.21. The fraction of sp³-hybridized carbons (Fsp3) is 0.167. The van der Waals surface area contributed by atoms with Gasteiger partial charge in [0.25, 0.3) is 0 Å². The Morgan fingerprint density at radius 1 is 1.37 bits per heavy atom. The smallest absolute Gasteiger partial charge is 0.445 e. The highest BCUT2D eigenvalue weighted by Gasteiger charge is 2.22. The molecule has 1 aromatic carbocycles. The maximum absolute atomic E-state index is 11.4. The second kappa shape index (κ2) is 5.30. The number of benzene rings is 1. The van der Waals surface area contributed by atoms with Crippen molar-refractivity contribution in [3.05, 3.63) is 40.9 Å². The molecule has 2 rings (SSSR count). The summed E-state index contributed by atoms with van der Waals surface area (Å²) in [6.07, 6.45) is -1.28. The molecule has 0 fully saturated rings. The molecule has 0 bridgehead atoms. The van der Waals surface area contributed by atoms with Gasteiger partial charge in [-0.3, -0.25) is 4.79 Å². The predicted molar refractivity (Wildman–Crippen MR) is 67.4 cm³/mol. The van der Waals surface area contributed by atoms with Crippen molar-refractivity contribution in [3.63, 3.8) is 0 Å². The molecule has 1 unspecified atom stereocenters. The van der Waals surface area contributed by atoms with Crippen LogP contribution in [-0.4, -0.2) is 23.6 Å². The maximum Gasteiger partial charge on any atom is 0.470 e. The Balaban J connectivity index is 2.25. The number of aromatic amines is 1.